The molecule has 1 aromatic carbocycles. The van der Waals surface area contributed by atoms with Crippen molar-refractivity contribution in [2.45, 2.75) is 38.3 Å². The fourth-order valence-electron chi connectivity index (χ4n) is 3.35. The molecule has 0 saturated carbocycles. The molecule has 1 fully saturated rings. The molecule has 11 nitrogen and oxygen atoms in total. The van der Waals surface area contributed by atoms with Gasteiger partial charge in [0, 0.05) is 30.4 Å². The second-order valence-corrected chi connectivity index (χ2v) is 6.93. The predicted molar refractivity (Wildman–Crippen MR) is 111 cm³/mol. The Bertz CT molecular complexity index is 954. The summed E-state index contributed by atoms with van der Waals surface area (Å²) in [6, 6.07) is 5.73. The van der Waals surface area contributed by atoms with Gasteiger partial charge in [0.05, 0.1) is 19.0 Å². The molecule has 1 amide bonds. The maximum atomic E-state index is 12.6. The molecule has 1 saturated heterocycles. The Balaban J connectivity index is 0.00000256. The Hall–Kier alpha value is -3.05. The minimum atomic E-state index is -0.344. The number of aromatic nitrogens is 7. The molecule has 0 bridgehead atoms. The average Bonchev–Trinajstić information content (AvgIpc) is 3.45. The number of anilines is 1. The molecule has 3 heterocycles. The number of tetrazole rings is 1. The van der Waals surface area contributed by atoms with Gasteiger partial charge in [-0.2, -0.15) is 0 Å². The Labute approximate surface area is 179 Å². The summed E-state index contributed by atoms with van der Waals surface area (Å²) in [6.07, 6.45) is 7.78. The SMILES string of the molecule is COc1cc(NC(=O)c2cn(CCC3CCCCN3)nn2)cc(-n2cnnn2)c1.Cl. The molecular weight excluding hydrogens is 410 g/mol. The highest BCUT2D eigenvalue weighted by molar-refractivity contribution is 6.02. The maximum absolute atomic E-state index is 12.6. The maximum Gasteiger partial charge on any atom is 0.277 e. The van der Waals surface area contributed by atoms with E-state index in [0.717, 1.165) is 19.5 Å². The Morgan fingerprint density at radius 3 is 2.93 bits per heavy atom. The number of carbonyl (C=O) groups is 1. The van der Waals surface area contributed by atoms with Gasteiger partial charge in [0.1, 0.15) is 12.1 Å². The lowest BCUT2D eigenvalue weighted by Crippen LogP contribution is -2.34. The number of rotatable bonds is 7. The highest BCUT2D eigenvalue weighted by atomic mass is 35.5. The summed E-state index contributed by atoms with van der Waals surface area (Å²) in [5.41, 5.74) is 1.46. The van der Waals surface area contributed by atoms with Crippen LogP contribution in [-0.4, -0.2) is 60.8 Å². The molecule has 0 spiro atoms. The van der Waals surface area contributed by atoms with Crippen molar-refractivity contribution in [3.8, 4) is 11.4 Å². The molecule has 0 radical (unpaired) electrons. The van der Waals surface area contributed by atoms with Crippen LogP contribution in [0.5, 0.6) is 5.75 Å². The first-order chi connectivity index (χ1) is 14.2. The number of hydrogen-bond acceptors (Lipinski definition) is 8. The van der Waals surface area contributed by atoms with Gasteiger partial charge in [-0.3, -0.25) is 9.48 Å². The molecule has 1 atom stereocenters. The number of benzene rings is 1. The van der Waals surface area contributed by atoms with Crippen LogP contribution in [-0.2, 0) is 6.54 Å². The van der Waals surface area contributed by atoms with E-state index in [0.29, 0.717) is 23.2 Å². The summed E-state index contributed by atoms with van der Waals surface area (Å²) in [6.45, 7) is 1.80. The number of ether oxygens (including phenoxy) is 1. The van der Waals surface area contributed by atoms with Gasteiger partial charge in [-0.1, -0.05) is 11.6 Å². The fourth-order valence-corrected chi connectivity index (χ4v) is 3.35. The summed E-state index contributed by atoms with van der Waals surface area (Å²) >= 11 is 0. The van der Waals surface area contributed by atoms with Gasteiger partial charge in [-0.05, 0) is 42.3 Å². The predicted octanol–water partition coefficient (Wildman–Crippen LogP) is 1.47. The lowest BCUT2D eigenvalue weighted by molar-refractivity contribution is 0.102. The number of nitrogens with one attached hydrogen (secondary N) is 2. The Morgan fingerprint density at radius 2 is 2.20 bits per heavy atom. The van der Waals surface area contributed by atoms with Crippen LogP contribution < -0.4 is 15.4 Å². The number of aryl methyl sites for hydroxylation is 1. The normalized spacial score (nSPS) is 16.0. The van der Waals surface area contributed by atoms with Gasteiger partial charge in [-0.15, -0.1) is 22.6 Å². The number of methoxy groups -OCH3 is 1. The van der Waals surface area contributed by atoms with Crippen LogP contribution in [0.2, 0.25) is 0 Å². The largest absolute Gasteiger partial charge is 0.497 e. The first-order valence-electron chi connectivity index (χ1n) is 9.58. The van der Waals surface area contributed by atoms with Crippen LogP contribution in [0, 0.1) is 0 Å². The number of piperidine rings is 1. The van der Waals surface area contributed by atoms with E-state index >= 15 is 0 Å². The monoisotopic (exact) mass is 433 g/mol. The van der Waals surface area contributed by atoms with Crippen LogP contribution in [0.4, 0.5) is 5.69 Å². The highest BCUT2D eigenvalue weighted by Crippen LogP contribution is 2.23. The van der Waals surface area contributed by atoms with Crippen molar-refractivity contribution in [2.75, 3.05) is 19.0 Å². The average molecular weight is 434 g/mol. The van der Waals surface area contributed by atoms with Crippen LogP contribution in [0.25, 0.3) is 5.69 Å². The van der Waals surface area contributed by atoms with Gasteiger partial charge in [0.15, 0.2) is 5.69 Å². The van der Waals surface area contributed by atoms with Crippen LogP contribution in [0.3, 0.4) is 0 Å². The van der Waals surface area contributed by atoms with Crippen molar-refractivity contribution in [1.82, 2.24) is 40.5 Å². The highest BCUT2D eigenvalue weighted by Gasteiger charge is 2.15. The fraction of sp³-hybridized carbons (Fsp3) is 0.444. The van der Waals surface area contributed by atoms with Crippen molar-refractivity contribution < 1.29 is 9.53 Å². The minimum absolute atomic E-state index is 0. The Kier molecular flexibility index (Phi) is 7.31. The van der Waals surface area contributed by atoms with Gasteiger partial charge < -0.3 is 15.4 Å². The number of nitrogens with zero attached hydrogens (tertiary/aromatic N) is 7. The van der Waals surface area contributed by atoms with E-state index in [-0.39, 0.29) is 24.0 Å². The first-order valence-corrected chi connectivity index (χ1v) is 9.58. The molecule has 4 rings (SSSR count). The smallest absolute Gasteiger partial charge is 0.277 e. The second-order valence-electron chi connectivity index (χ2n) is 6.93. The molecule has 1 unspecified atom stereocenters. The quantitative estimate of drug-likeness (QED) is 0.573. The van der Waals surface area contributed by atoms with E-state index in [1.165, 1.54) is 30.3 Å². The molecule has 3 aromatic rings. The van der Waals surface area contributed by atoms with Crippen LogP contribution >= 0.6 is 12.4 Å². The van der Waals surface area contributed by atoms with E-state index in [1.807, 2.05) is 0 Å². The number of halogens is 1. The standard InChI is InChI=1S/C18H23N9O2.ClH/c1-29-16-9-14(8-15(10-16)27-12-20-23-25-27)21-18(28)17-11-26(24-22-17)7-5-13-4-2-3-6-19-13;/h8-13,19H,2-7H2,1H3,(H,21,28);1H. The Morgan fingerprint density at radius 1 is 1.30 bits per heavy atom. The topological polar surface area (TPSA) is 125 Å². The lowest BCUT2D eigenvalue weighted by Gasteiger charge is -2.23. The van der Waals surface area contributed by atoms with Crippen molar-refractivity contribution in [2.24, 2.45) is 0 Å². The number of hydrogen-bond donors (Lipinski definition) is 2. The summed E-state index contributed by atoms with van der Waals surface area (Å²) in [5, 5.41) is 25.5. The zero-order valence-corrected chi connectivity index (χ0v) is 17.4. The van der Waals surface area contributed by atoms with Gasteiger partial charge >= 0.3 is 0 Å². The van der Waals surface area contributed by atoms with Crippen molar-refractivity contribution >= 4 is 24.0 Å². The molecule has 160 valence electrons. The third-order valence-corrected chi connectivity index (χ3v) is 4.89. The van der Waals surface area contributed by atoms with E-state index in [9.17, 15) is 4.79 Å². The number of amides is 1. The lowest BCUT2D eigenvalue weighted by atomic mass is 10.0. The summed E-state index contributed by atoms with van der Waals surface area (Å²) < 4.78 is 8.49. The molecule has 0 aliphatic carbocycles. The van der Waals surface area contributed by atoms with Gasteiger partial charge in [-0.25, -0.2) is 4.68 Å². The van der Waals surface area contributed by atoms with Crippen molar-refractivity contribution in [1.29, 1.82) is 0 Å². The van der Waals surface area contributed by atoms with Crippen LogP contribution in [0.15, 0.2) is 30.7 Å². The van der Waals surface area contributed by atoms with E-state index in [4.69, 9.17) is 4.74 Å². The zero-order chi connectivity index (χ0) is 20.1. The van der Waals surface area contributed by atoms with Gasteiger partial charge in [0.2, 0.25) is 0 Å². The summed E-state index contributed by atoms with van der Waals surface area (Å²) in [5.74, 6) is 0.222. The molecule has 1 aliphatic heterocycles. The van der Waals surface area contributed by atoms with Crippen molar-refractivity contribution in [3.05, 3.63) is 36.4 Å². The first kappa shape index (κ1) is 21.7. The van der Waals surface area contributed by atoms with Crippen molar-refractivity contribution in [3.63, 3.8) is 0 Å². The second kappa shape index (κ2) is 10.1. The minimum Gasteiger partial charge on any atom is -0.497 e. The van der Waals surface area contributed by atoms with E-state index in [1.54, 1.807) is 36.2 Å². The molecule has 12 heteroatoms. The molecular formula is C18H24ClN9O2. The number of carbonyl (C=O) groups excluding carboxylic acids is 1. The zero-order valence-electron chi connectivity index (χ0n) is 16.6. The summed E-state index contributed by atoms with van der Waals surface area (Å²) in [4.78, 5) is 12.6. The third-order valence-electron chi connectivity index (χ3n) is 4.89. The van der Waals surface area contributed by atoms with E-state index in [2.05, 4.69) is 36.5 Å². The molecule has 2 aromatic heterocycles. The summed E-state index contributed by atoms with van der Waals surface area (Å²) in [7, 11) is 1.55. The molecule has 2 N–H and O–H groups in total. The van der Waals surface area contributed by atoms with Crippen LogP contribution in [0.1, 0.15) is 36.2 Å². The molecule has 30 heavy (non-hydrogen) atoms. The van der Waals surface area contributed by atoms with Gasteiger partial charge in [0.25, 0.3) is 5.91 Å². The van der Waals surface area contributed by atoms with E-state index < -0.39 is 0 Å². The third kappa shape index (κ3) is 5.30. The molecule has 1 aliphatic rings.